The molecule has 3 rings (SSSR count). The number of ether oxygens (including phenoxy) is 4. The molecule has 0 amide bonds. The van der Waals surface area contributed by atoms with Gasteiger partial charge in [-0.05, 0) is 69.7 Å². The summed E-state index contributed by atoms with van der Waals surface area (Å²) in [6.45, 7) is 7.64. The minimum atomic E-state index is -0.919. The highest BCUT2D eigenvalue weighted by molar-refractivity contribution is 5.97. The number of benzene rings is 2. The molecule has 0 bridgehead atoms. The molecule has 0 aromatic heterocycles. The summed E-state index contributed by atoms with van der Waals surface area (Å²) in [7, 11) is 0. The second kappa shape index (κ2) is 14.8. The maximum absolute atomic E-state index is 11.8. The van der Waals surface area contributed by atoms with E-state index in [1.54, 1.807) is 19.1 Å². The molecule has 0 saturated carbocycles. The number of carbonyl (C=O) groups is 2. The number of phenolic OH excluding ortho intramolecular Hbond substituents is 1. The van der Waals surface area contributed by atoms with Gasteiger partial charge in [-0.15, -0.1) is 0 Å². The highest BCUT2D eigenvalue weighted by atomic mass is 16.5. The van der Waals surface area contributed by atoms with E-state index in [2.05, 4.69) is 6.92 Å². The number of Topliss-reactive ketones (excluding diaryl/α,β-unsaturated/α-hetero) is 1. The maximum atomic E-state index is 11.8. The molecular weight excluding hydrogens is 500 g/mol. The predicted octanol–water partition coefficient (Wildman–Crippen LogP) is 5.36. The van der Waals surface area contributed by atoms with Crippen LogP contribution in [0.15, 0.2) is 24.3 Å². The lowest BCUT2D eigenvalue weighted by molar-refractivity contribution is -0.143. The molecular formula is C31H42O8. The van der Waals surface area contributed by atoms with Gasteiger partial charge in [0.15, 0.2) is 5.78 Å². The molecule has 0 radical (unpaired) electrons. The second-order valence-electron chi connectivity index (χ2n) is 9.92. The molecule has 0 saturated heterocycles. The van der Waals surface area contributed by atoms with Crippen molar-refractivity contribution in [1.29, 1.82) is 0 Å². The molecule has 39 heavy (non-hydrogen) atoms. The fourth-order valence-corrected chi connectivity index (χ4v) is 4.83. The van der Waals surface area contributed by atoms with Gasteiger partial charge in [-0.3, -0.25) is 9.59 Å². The number of aromatic hydroxyl groups is 1. The normalized spacial score (nSPS) is 15.2. The van der Waals surface area contributed by atoms with Gasteiger partial charge in [0.2, 0.25) is 0 Å². The van der Waals surface area contributed by atoms with E-state index in [0.717, 1.165) is 49.0 Å². The van der Waals surface area contributed by atoms with Crippen LogP contribution in [0.4, 0.5) is 0 Å². The number of aliphatic hydroxyl groups excluding tert-OH is 1. The van der Waals surface area contributed by atoms with Crippen molar-refractivity contribution in [2.75, 3.05) is 19.8 Å². The Morgan fingerprint density at radius 2 is 1.64 bits per heavy atom. The Bertz CT molecular complexity index is 1130. The van der Waals surface area contributed by atoms with Crippen LogP contribution in [0.2, 0.25) is 0 Å². The minimum Gasteiger partial charge on any atom is -0.507 e. The minimum absolute atomic E-state index is 0.0163. The maximum Gasteiger partial charge on any atom is 0.305 e. The predicted molar refractivity (Wildman–Crippen MR) is 148 cm³/mol. The van der Waals surface area contributed by atoms with E-state index in [0.29, 0.717) is 42.9 Å². The van der Waals surface area contributed by atoms with Crippen LogP contribution in [0, 0.1) is 0 Å². The van der Waals surface area contributed by atoms with Crippen LogP contribution in [0.25, 0.3) is 0 Å². The standard InChI is InChI=1S/C31H42O8/c1-5-8-25-27(16-14-24(20(4)32)30(25)35)37-18-22(33)19-38-28-15-11-21-10-12-23(13-17-29(34)36-7-3)39-31(21)26(28)9-6-2/h11,14-16,22-23,33,35H,5-10,12-13,17-19H2,1-4H3. The largest absolute Gasteiger partial charge is 0.507 e. The molecule has 1 aliphatic heterocycles. The van der Waals surface area contributed by atoms with E-state index in [4.69, 9.17) is 18.9 Å². The van der Waals surface area contributed by atoms with Crippen molar-refractivity contribution in [3.05, 3.63) is 46.5 Å². The van der Waals surface area contributed by atoms with Gasteiger partial charge in [0, 0.05) is 17.5 Å². The summed E-state index contributed by atoms with van der Waals surface area (Å²) in [5, 5.41) is 21.2. The quantitative estimate of drug-likeness (QED) is 0.229. The Balaban J connectivity index is 1.65. The molecule has 1 aliphatic rings. The van der Waals surface area contributed by atoms with Gasteiger partial charge in [0.05, 0.1) is 18.3 Å². The van der Waals surface area contributed by atoms with E-state index in [1.807, 2.05) is 19.1 Å². The first-order valence-electron chi connectivity index (χ1n) is 14.0. The molecule has 1 heterocycles. The third-order valence-electron chi connectivity index (χ3n) is 6.78. The lowest BCUT2D eigenvalue weighted by Crippen LogP contribution is -2.27. The molecule has 2 unspecified atom stereocenters. The summed E-state index contributed by atoms with van der Waals surface area (Å²) in [4.78, 5) is 23.6. The van der Waals surface area contributed by atoms with Crippen molar-refractivity contribution < 1.29 is 38.7 Å². The van der Waals surface area contributed by atoms with E-state index in [1.165, 1.54) is 6.92 Å². The highest BCUT2D eigenvalue weighted by Crippen LogP contribution is 2.39. The number of aryl methyl sites for hydroxylation is 1. The zero-order valence-corrected chi connectivity index (χ0v) is 23.6. The lowest BCUT2D eigenvalue weighted by Gasteiger charge is -2.29. The first-order chi connectivity index (χ1) is 18.8. The number of fused-ring (bicyclic) bond motifs is 1. The summed E-state index contributed by atoms with van der Waals surface area (Å²) in [5.74, 6) is 1.45. The molecule has 8 nitrogen and oxygen atoms in total. The molecule has 2 atom stereocenters. The molecule has 8 heteroatoms. The van der Waals surface area contributed by atoms with Crippen molar-refractivity contribution in [3.63, 3.8) is 0 Å². The topological polar surface area (TPSA) is 112 Å². The zero-order chi connectivity index (χ0) is 28.4. The Kier molecular flexibility index (Phi) is 11.5. The fraction of sp³-hybridized carbons (Fsp3) is 0.548. The molecule has 2 aromatic carbocycles. The van der Waals surface area contributed by atoms with Crippen LogP contribution in [0.3, 0.4) is 0 Å². The second-order valence-corrected chi connectivity index (χ2v) is 9.92. The number of hydrogen-bond acceptors (Lipinski definition) is 8. The molecule has 0 spiro atoms. The molecule has 2 N–H and O–H groups in total. The van der Waals surface area contributed by atoms with Crippen molar-refractivity contribution in [1.82, 2.24) is 0 Å². The monoisotopic (exact) mass is 542 g/mol. The van der Waals surface area contributed by atoms with E-state index >= 15 is 0 Å². The summed E-state index contributed by atoms with van der Waals surface area (Å²) in [6, 6.07) is 7.13. The molecule has 214 valence electrons. The number of carbonyl (C=O) groups excluding carboxylic acids is 2. The number of ketones is 1. The van der Waals surface area contributed by atoms with Gasteiger partial charge in [-0.2, -0.15) is 0 Å². The fourth-order valence-electron chi connectivity index (χ4n) is 4.83. The number of aliphatic hydroxyl groups is 1. The Morgan fingerprint density at radius 1 is 1.00 bits per heavy atom. The summed E-state index contributed by atoms with van der Waals surface area (Å²) < 4.78 is 23.3. The molecule has 0 fully saturated rings. The smallest absolute Gasteiger partial charge is 0.305 e. The summed E-state index contributed by atoms with van der Waals surface area (Å²) in [6.07, 6.45) is 4.64. The Labute approximate surface area is 231 Å². The van der Waals surface area contributed by atoms with E-state index in [-0.39, 0.29) is 42.4 Å². The van der Waals surface area contributed by atoms with Crippen molar-refractivity contribution in [2.24, 2.45) is 0 Å². The lowest BCUT2D eigenvalue weighted by atomic mass is 9.95. The van der Waals surface area contributed by atoms with E-state index < -0.39 is 6.10 Å². The van der Waals surface area contributed by atoms with E-state index in [9.17, 15) is 19.8 Å². The van der Waals surface area contributed by atoms with Gasteiger partial charge in [-0.1, -0.05) is 32.8 Å². The van der Waals surface area contributed by atoms with Crippen LogP contribution in [-0.2, 0) is 28.8 Å². The first kappa shape index (κ1) is 30.3. The number of rotatable bonds is 15. The SMILES string of the molecule is CCCc1c(OCC(O)COc2ccc3c(c2CCC)OC(CCC(=O)OCC)CC3)ccc(C(C)=O)c1O. The first-order valence-corrected chi connectivity index (χ1v) is 14.0. The van der Waals surface area contributed by atoms with Crippen LogP contribution in [0.1, 0.15) is 86.8 Å². The van der Waals surface area contributed by atoms with Crippen LogP contribution >= 0.6 is 0 Å². The van der Waals surface area contributed by atoms with Crippen molar-refractivity contribution in [3.8, 4) is 23.0 Å². The third-order valence-corrected chi connectivity index (χ3v) is 6.78. The van der Waals surface area contributed by atoms with Crippen LogP contribution < -0.4 is 14.2 Å². The number of esters is 1. The summed E-state index contributed by atoms with van der Waals surface area (Å²) in [5.41, 5.74) is 2.92. The van der Waals surface area contributed by atoms with Gasteiger partial charge >= 0.3 is 5.97 Å². The number of phenols is 1. The zero-order valence-electron chi connectivity index (χ0n) is 23.6. The van der Waals surface area contributed by atoms with Crippen LogP contribution in [-0.4, -0.2) is 54.0 Å². The average Bonchev–Trinajstić information content (AvgIpc) is 2.91. The summed E-state index contributed by atoms with van der Waals surface area (Å²) >= 11 is 0. The Morgan fingerprint density at radius 3 is 2.28 bits per heavy atom. The average molecular weight is 543 g/mol. The van der Waals surface area contributed by atoms with Gasteiger partial charge in [0.1, 0.15) is 42.3 Å². The third kappa shape index (κ3) is 8.12. The van der Waals surface area contributed by atoms with Gasteiger partial charge < -0.3 is 29.2 Å². The molecule has 2 aromatic rings. The van der Waals surface area contributed by atoms with Crippen molar-refractivity contribution >= 4 is 11.8 Å². The highest BCUT2D eigenvalue weighted by Gasteiger charge is 2.25. The molecule has 0 aliphatic carbocycles. The Hall–Kier alpha value is -3.26. The van der Waals surface area contributed by atoms with Crippen molar-refractivity contribution in [2.45, 2.75) is 91.3 Å². The van der Waals surface area contributed by atoms with Gasteiger partial charge in [0.25, 0.3) is 0 Å². The van der Waals surface area contributed by atoms with Gasteiger partial charge in [-0.25, -0.2) is 0 Å². The number of hydrogen-bond donors (Lipinski definition) is 2. The van der Waals surface area contributed by atoms with Crippen LogP contribution in [0.5, 0.6) is 23.0 Å².